The van der Waals surface area contributed by atoms with Gasteiger partial charge < -0.3 is 14.6 Å². The molecule has 0 aliphatic rings. The van der Waals surface area contributed by atoms with E-state index in [4.69, 9.17) is 4.74 Å². The van der Waals surface area contributed by atoms with Gasteiger partial charge in [0, 0.05) is 24.8 Å². The fraction of sp³-hybridized carbons (Fsp3) is 0.143. The lowest BCUT2D eigenvalue weighted by atomic mass is 10.1. The number of H-pyrrole nitrogens is 1. The SMILES string of the molecule is COc1ccccc1CN(C)C(=O)c1ccc(-c2ccccc2)[nH]c1=O. The number of para-hydroxylation sites is 1. The molecule has 0 spiro atoms. The van der Waals surface area contributed by atoms with E-state index in [0.29, 0.717) is 18.0 Å². The lowest BCUT2D eigenvalue weighted by Gasteiger charge is -2.18. The first-order chi connectivity index (χ1) is 12.6. The Morgan fingerprint density at radius 2 is 1.69 bits per heavy atom. The molecule has 0 aliphatic heterocycles. The molecule has 0 atom stereocenters. The second kappa shape index (κ2) is 7.70. The zero-order valence-corrected chi connectivity index (χ0v) is 14.7. The van der Waals surface area contributed by atoms with Crippen LogP contribution < -0.4 is 10.3 Å². The van der Waals surface area contributed by atoms with Crippen molar-refractivity contribution in [3.8, 4) is 17.0 Å². The van der Waals surface area contributed by atoms with E-state index in [0.717, 1.165) is 11.1 Å². The van der Waals surface area contributed by atoms with Gasteiger partial charge in [0.05, 0.1) is 7.11 Å². The van der Waals surface area contributed by atoms with Crippen molar-refractivity contribution in [3.05, 3.63) is 88.2 Å². The van der Waals surface area contributed by atoms with Gasteiger partial charge in [-0.05, 0) is 23.8 Å². The molecule has 0 radical (unpaired) electrons. The molecule has 5 nitrogen and oxygen atoms in total. The molecule has 0 saturated heterocycles. The maximum Gasteiger partial charge on any atom is 0.261 e. The molecule has 0 fully saturated rings. The van der Waals surface area contributed by atoms with Crippen LogP contribution in [0.1, 0.15) is 15.9 Å². The largest absolute Gasteiger partial charge is 0.496 e. The summed E-state index contributed by atoms with van der Waals surface area (Å²) in [6, 6.07) is 20.3. The number of benzene rings is 2. The Labute approximate surface area is 151 Å². The second-order valence-electron chi connectivity index (χ2n) is 5.95. The fourth-order valence-electron chi connectivity index (χ4n) is 2.79. The van der Waals surface area contributed by atoms with Crippen molar-refractivity contribution in [2.45, 2.75) is 6.54 Å². The average molecular weight is 348 g/mol. The lowest BCUT2D eigenvalue weighted by Crippen LogP contribution is -2.31. The van der Waals surface area contributed by atoms with Crippen LogP contribution in [0.3, 0.4) is 0 Å². The minimum Gasteiger partial charge on any atom is -0.496 e. The standard InChI is InChI=1S/C21H20N2O3/c1-23(14-16-10-6-7-11-19(16)26-2)21(25)17-12-13-18(22-20(17)24)15-8-4-3-5-9-15/h3-13H,14H2,1-2H3,(H,22,24). The predicted octanol–water partition coefficient (Wildman–Crippen LogP) is 3.32. The van der Waals surface area contributed by atoms with Gasteiger partial charge in [-0.25, -0.2) is 0 Å². The maximum atomic E-state index is 12.7. The summed E-state index contributed by atoms with van der Waals surface area (Å²) in [4.78, 5) is 29.4. The number of hydrogen-bond donors (Lipinski definition) is 1. The van der Waals surface area contributed by atoms with Crippen LogP contribution in [-0.2, 0) is 6.54 Å². The van der Waals surface area contributed by atoms with E-state index in [-0.39, 0.29) is 11.5 Å². The second-order valence-corrected chi connectivity index (χ2v) is 5.95. The average Bonchev–Trinajstić information content (AvgIpc) is 2.68. The summed E-state index contributed by atoms with van der Waals surface area (Å²) >= 11 is 0. The highest BCUT2D eigenvalue weighted by atomic mass is 16.5. The molecule has 0 bridgehead atoms. The lowest BCUT2D eigenvalue weighted by molar-refractivity contribution is 0.0782. The van der Waals surface area contributed by atoms with Crippen molar-refractivity contribution in [2.24, 2.45) is 0 Å². The first-order valence-electron chi connectivity index (χ1n) is 8.26. The van der Waals surface area contributed by atoms with Crippen LogP contribution in [-0.4, -0.2) is 29.9 Å². The number of nitrogens with zero attached hydrogens (tertiary/aromatic N) is 1. The van der Waals surface area contributed by atoms with E-state index in [1.807, 2.05) is 54.6 Å². The number of carbonyl (C=O) groups is 1. The highest BCUT2D eigenvalue weighted by Gasteiger charge is 2.17. The van der Waals surface area contributed by atoms with Crippen LogP contribution in [0, 0.1) is 0 Å². The normalized spacial score (nSPS) is 10.4. The van der Waals surface area contributed by atoms with Crippen LogP contribution in [0.15, 0.2) is 71.5 Å². The van der Waals surface area contributed by atoms with Gasteiger partial charge in [0.25, 0.3) is 11.5 Å². The molecule has 1 N–H and O–H groups in total. The highest BCUT2D eigenvalue weighted by molar-refractivity contribution is 5.94. The van der Waals surface area contributed by atoms with Crippen molar-refractivity contribution in [1.82, 2.24) is 9.88 Å². The maximum absolute atomic E-state index is 12.7. The molecule has 26 heavy (non-hydrogen) atoms. The Hall–Kier alpha value is -3.34. The van der Waals surface area contributed by atoms with Crippen LogP contribution in [0.2, 0.25) is 0 Å². The monoisotopic (exact) mass is 348 g/mol. The zero-order valence-electron chi connectivity index (χ0n) is 14.7. The molecule has 132 valence electrons. The van der Waals surface area contributed by atoms with Crippen LogP contribution in [0.25, 0.3) is 11.3 Å². The van der Waals surface area contributed by atoms with Crippen LogP contribution in [0.4, 0.5) is 0 Å². The number of amides is 1. The summed E-state index contributed by atoms with van der Waals surface area (Å²) < 4.78 is 5.31. The van der Waals surface area contributed by atoms with E-state index in [1.165, 1.54) is 4.90 Å². The summed E-state index contributed by atoms with van der Waals surface area (Å²) in [5, 5.41) is 0. The fourth-order valence-corrected chi connectivity index (χ4v) is 2.79. The topological polar surface area (TPSA) is 62.4 Å². The number of aromatic amines is 1. The third kappa shape index (κ3) is 3.67. The molecule has 1 heterocycles. The van der Waals surface area contributed by atoms with Crippen molar-refractivity contribution in [3.63, 3.8) is 0 Å². The Morgan fingerprint density at radius 3 is 2.38 bits per heavy atom. The minimum atomic E-state index is -0.400. The molecule has 3 rings (SSSR count). The predicted molar refractivity (Wildman–Crippen MR) is 101 cm³/mol. The van der Waals surface area contributed by atoms with Gasteiger partial charge in [0.1, 0.15) is 11.3 Å². The van der Waals surface area contributed by atoms with E-state index in [1.54, 1.807) is 26.3 Å². The number of aromatic nitrogens is 1. The number of ether oxygens (including phenoxy) is 1. The molecule has 0 saturated carbocycles. The zero-order chi connectivity index (χ0) is 18.5. The molecule has 1 amide bonds. The van der Waals surface area contributed by atoms with Gasteiger partial charge in [-0.2, -0.15) is 0 Å². The molecular weight excluding hydrogens is 328 g/mol. The summed E-state index contributed by atoms with van der Waals surface area (Å²) in [7, 11) is 3.26. The van der Waals surface area contributed by atoms with E-state index < -0.39 is 5.56 Å². The molecule has 3 aromatic rings. The Morgan fingerprint density at radius 1 is 1.00 bits per heavy atom. The third-order valence-electron chi connectivity index (χ3n) is 4.17. The number of nitrogens with one attached hydrogen (secondary N) is 1. The minimum absolute atomic E-state index is 0.113. The van der Waals surface area contributed by atoms with Crippen LogP contribution in [0.5, 0.6) is 5.75 Å². The Bertz CT molecular complexity index is 964. The van der Waals surface area contributed by atoms with Crippen molar-refractivity contribution >= 4 is 5.91 Å². The van der Waals surface area contributed by atoms with Gasteiger partial charge in [-0.15, -0.1) is 0 Å². The Kier molecular flexibility index (Phi) is 5.17. The number of rotatable bonds is 5. The molecular formula is C21H20N2O3. The number of carbonyl (C=O) groups excluding carboxylic acids is 1. The summed E-state index contributed by atoms with van der Waals surface area (Å²) in [5.74, 6) is 0.372. The number of hydrogen-bond acceptors (Lipinski definition) is 3. The van der Waals surface area contributed by atoms with Gasteiger partial charge in [-0.1, -0.05) is 48.5 Å². The molecule has 5 heteroatoms. The first-order valence-corrected chi connectivity index (χ1v) is 8.26. The van der Waals surface area contributed by atoms with Gasteiger partial charge in [-0.3, -0.25) is 9.59 Å². The highest BCUT2D eigenvalue weighted by Crippen LogP contribution is 2.20. The van der Waals surface area contributed by atoms with Gasteiger partial charge in [0.15, 0.2) is 0 Å². The van der Waals surface area contributed by atoms with Gasteiger partial charge >= 0.3 is 0 Å². The van der Waals surface area contributed by atoms with E-state index in [2.05, 4.69) is 4.98 Å². The quantitative estimate of drug-likeness (QED) is 0.769. The van der Waals surface area contributed by atoms with Crippen molar-refractivity contribution in [2.75, 3.05) is 14.2 Å². The summed E-state index contributed by atoms with van der Waals surface area (Å²) in [5.41, 5.74) is 2.17. The number of methoxy groups -OCH3 is 1. The molecule has 0 aliphatic carbocycles. The first kappa shape index (κ1) is 17.5. The van der Waals surface area contributed by atoms with E-state index in [9.17, 15) is 9.59 Å². The summed E-state index contributed by atoms with van der Waals surface area (Å²) in [6.07, 6.45) is 0. The molecule has 0 unspecified atom stereocenters. The molecule has 1 aromatic heterocycles. The smallest absolute Gasteiger partial charge is 0.261 e. The Balaban J connectivity index is 1.82. The van der Waals surface area contributed by atoms with Crippen molar-refractivity contribution in [1.29, 1.82) is 0 Å². The van der Waals surface area contributed by atoms with Gasteiger partial charge in [0.2, 0.25) is 0 Å². The third-order valence-corrected chi connectivity index (χ3v) is 4.17. The van der Waals surface area contributed by atoms with Crippen LogP contribution >= 0.6 is 0 Å². The van der Waals surface area contributed by atoms with Crippen molar-refractivity contribution < 1.29 is 9.53 Å². The molecule has 2 aromatic carbocycles. The summed E-state index contributed by atoms with van der Waals surface area (Å²) in [6.45, 7) is 0.350. The number of pyridine rings is 1. The van der Waals surface area contributed by atoms with E-state index >= 15 is 0 Å².